The number of carbonyl (C=O) groups excluding carboxylic acids is 1. The Morgan fingerprint density at radius 1 is 0.906 bits per heavy atom. The number of hydrogen-bond donors (Lipinski definition) is 0. The lowest BCUT2D eigenvalue weighted by atomic mass is 10.00. The van der Waals surface area contributed by atoms with E-state index in [0.29, 0.717) is 22.5 Å². The highest BCUT2D eigenvalue weighted by Gasteiger charge is 2.18. The van der Waals surface area contributed by atoms with Gasteiger partial charge in [0.15, 0.2) is 11.3 Å². The molecular formula is C26H18O6. The number of furan rings is 1. The molecule has 6 nitrogen and oxygen atoms in total. The van der Waals surface area contributed by atoms with Crippen molar-refractivity contribution < 1.29 is 23.1 Å². The van der Waals surface area contributed by atoms with E-state index in [1.807, 2.05) is 49.4 Å². The summed E-state index contributed by atoms with van der Waals surface area (Å²) in [5.74, 6) is 0.146. The van der Waals surface area contributed by atoms with Crippen LogP contribution in [0.25, 0.3) is 33.1 Å². The molecular weight excluding hydrogens is 408 g/mol. The number of methoxy groups -OCH3 is 1. The number of para-hydroxylation sites is 1. The molecule has 0 spiro atoms. The molecule has 6 heteroatoms. The van der Waals surface area contributed by atoms with Gasteiger partial charge in [-0.2, -0.15) is 0 Å². The fourth-order valence-electron chi connectivity index (χ4n) is 3.79. The van der Waals surface area contributed by atoms with E-state index in [-0.39, 0.29) is 11.5 Å². The van der Waals surface area contributed by atoms with E-state index < -0.39 is 11.6 Å². The molecule has 0 aliphatic carbocycles. The van der Waals surface area contributed by atoms with Gasteiger partial charge in [0.1, 0.15) is 11.3 Å². The highest BCUT2D eigenvalue weighted by molar-refractivity contribution is 5.96. The molecule has 32 heavy (non-hydrogen) atoms. The monoisotopic (exact) mass is 426 g/mol. The zero-order valence-electron chi connectivity index (χ0n) is 17.4. The van der Waals surface area contributed by atoms with Crippen LogP contribution >= 0.6 is 0 Å². The normalized spacial score (nSPS) is 11.1. The summed E-state index contributed by atoms with van der Waals surface area (Å²) in [4.78, 5) is 25.3. The van der Waals surface area contributed by atoms with E-state index in [0.717, 1.165) is 21.9 Å². The lowest BCUT2D eigenvalue weighted by Gasteiger charge is -2.09. The van der Waals surface area contributed by atoms with Crippen molar-refractivity contribution in [2.24, 2.45) is 0 Å². The van der Waals surface area contributed by atoms with Crippen molar-refractivity contribution in [1.29, 1.82) is 0 Å². The van der Waals surface area contributed by atoms with E-state index in [1.54, 1.807) is 24.3 Å². The molecule has 0 aliphatic rings. The molecule has 3 aromatic carbocycles. The number of esters is 1. The van der Waals surface area contributed by atoms with E-state index in [9.17, 15) is 9.59 Å². The van der Waals surface area contributed by atoms with Gasteiger partial charge in [0.05, 0.1) is 12.7 Å². The van der Waals surface area contributed by atoms with Crippen molar-refractivity contribution >= 4 is 27.9 Å². The van der Waals surface area contributed by atoms with Crippen molar-refractivity contribution in [3.8, 4) is 22.6 Å². The van der Waals surface area contributed by atoms with Crippen LogP contribution in [0.2, 0.25) is 0 Å². The minimum atomic E-state index is -0.664. The maximum atomic E-state index is 12.7. The topological polar surface area (TPSA) is 78.9 Å². The summed E-state index contributed by atoms with van der Waals surface area (Å²) in [5, 5.41) is 1.49. The van der Waals surface area contributed by atoms with Gasteiger partial charge in [0.25, 0.3) is 0 Å². The molecule has 0 saturated heterocycles. The third-order valence-corrected chi connectivity index (χ3v) is 5.34. The quantitative estimate of drug-likeness (QED) is 0.207. The SMILES string of the molecule is COc1cccc2cc(C(=O)Oc3ccc4c(C)c(-c5ccccc5)c(=O)oc4c3)oc12. The molecule has 0 unspecified atom stereocenters. The highest BCUT2D eigenvalue weighted by atomic mass is 16.5. The van der Waals surface area contributed by atoms with Crippen molar-refractivity contribution in [2.45, 2.75) is 6.92 Å². The van der Waals surface area contributed by atoms with E-state index >= 15 is 0 Å². The smallest absolute Gasteiger partial charge is 0.379 e. The summed E-state index contributed by atoms with van der Waals surface area (Å²) in [6.45, 7) is 1.87. The molecule has 2 aromatic heterocycles. The molecule has 5 rings (SSSR count). The molecule has 0 saturated carbocycles. The minimum absolute atomic E-state index is 0.0432. The summed E-state index contributed by atoms with van der Waals surface area (Å²) < 4.78 is 21.9. The second-order valence-corrected chi connectivity index (χ2v) is 7.29. The largest absolute Gasteiger partial charge is 0.493 e. The molecule has 0 N–H and O–H groups in total. The summed E-state index contributed by atoms with van der Waals surface area (Å²) in [6, 6.07) is 21.3. The summed E-state index contributed by atoms with van der Waals surface area (Å²) in [7, 11) is 1.53. The second kappa shape index (κ2) is 7.74. The van der Waals surface area contributed by atoms with E-state index in [4.69, 9.17) is 18.3 Å². The summed E-state index contributed by atoms with van der Waals surface area (Å²) in [5.41, 5.74) is 2.45. The molecule has 2 heterocycles. The summed E-state index contributed by atoms with van der Waals surface area (Å²) in [6.07, 6.45) is 0. The van der Waals surface area contributed by atoms with Crippen LogP contribution in [0.4, 0.5) is 0 Å². The molecule has 5 aromatic rings. The average molecular weight is 426 g/mol. The van der Waals surface area contributed by atoms with Crippen LogP contribution < -0.4 is 15.1 Å². The number of benzene rings is 3. The molecule has 0 radical (unpaired) electrons. The Labute approximate surface area is 182 Å². The number of aryl methyl sites for hydroxylation is 1. The first-order valence-corrected chi connectivity index (χ1v) is 9.97. The van der Waals surface area contributed by atoms with Crippen LogP contribution in [-0.4, -0.2) is 13.1 Å². The van der Waals surface area contributed by atoms with Gasteiger partial charge >= 0.3 is 11.6 Å². The Bertz CT molecular complexity index is 1530. The van der Waals surface area contributed by atoms with Gasteiger partial charge in [0.2, 0.25) is 5.76 Å². The van der Waals surface area contributed by atoms with Gasteiger partial charge in [-0.05, 0) is 42.3 Å². The van der Waals surface area contributed by atoms with Gasteiger partial charge < -0.3 is 18.3 Å². The predicted octanol–water partition coefficient (Wildman–Crippen LogP) is 5.74. The Morgan fingerprint density at radius 3 is 2.50 bits per heavy atom. The van der Waals surface area contributed by atoms with Crippen molar-refractivity contribution in [3.63, 3.8) is 0 Å². The molecule has 0 atom stereocenters. The van der Waals surface area contributed by atoms with Gasteiger partial charge in [0, 0.05) is 16.8 Å². The van der Waals surface area contributed by atoms with Gasteiger partial charge in [-0.3, -0.25) is 0 Å². The van der Waals surface area contributed by atoms with Gasteiger partial charge in [-0.1, -0.05) is 42.5 Å². The second-order valence-electron chi connectivity index (χ2n) is 7.29. The lowest BCUT2D eigenvalue weighted by molar-refractivity contribution is 0.0704. The highest BCUT2D eigenvalue weighted by Crippen LogP contribution is 2.31. The zero-order valence-corrected chi connectivity index (χ0v) is 17.4. The number of hydrogen-bond acceptors (Lipinski definition) is 6. The van der Waals surface area contributed by atoms with Crippen LogP contribution in [0.5, 0.6) is 11.5 Å². The minimum Gasteiger partial charge on any atom is -0.493 e. The Morgan fingerprint density at radius 2 is 1.72 bits per heavy atom. The first-order chi connectivity index (χ1) is 15.5. The first-order valence-electron chi connectivity index (χ1n) is 9.97. The molecule has 0 amide bonds. The number of rotatable bonds is 4. The Hall–Kier alpha value is -4.32. The van der Waals surface area contributed by atoms with Crippen molar-refractivity contribution in [1.82, 2.24) is 0 Å². The first kappa shape index (κ1) is 19.6. The van der Waals surface area contributed by atoms with Crippen molar-refractivity contribution in [3.05, 3.63) is 94.5 Å². The predicted molar refractivity (Wildman–Crippen MR) is 120 cm³/mol. The van der Waals surface area contributed by atoms with Crippen LogP contribution in [0.15, 0.2) is 86.4 Å². The maximum absolute atomic E-state index is 12.7. The van der Waals surface area contributed by atoms with E-state index in [1.165, 1.54) is 13.2 Å². The maximum Gasteiger partial charge on any atom is 0.379 e. The molecule has 0 fully saturated rings. The van der Waals surface area contributed by atoms with Crippen LogP contribution in [0.1, 0.15) is 16.1 Å². The van der Waals surface area contributed by atoms with E-state index in [2.05, 4.69) is 0 Å². The van der Waals surface area contributed by atoms with Gasteiger partial charge in [-0.15, -0.1) is 0 Å². The molecule has 158 valence electrons. The summed E-state index contributed by atoms with van der Waals surface area (Å²) >= 11 is 0. The third kappa shape index (κ3) is 3.32. The molecule has 0 bridgehead atoms. The standard InChI is InChI=1S/C26H18O6/c1-15-19-12-11-18(14-21(19)32-26(28)23(15)16-7-4-3-5-8-16)30-25(27)22-13-17-9-6-10-20(29-2)24(17)31-22/h3-14H,1-2H3. The third-order valence-electron chi connectivity index (χ3n) is 5.34. The lowest BCUT2D eigenvalue weighted by Crippen LogP contribution is -2.08. The number of carbonyl (C=O) groups is 1. The van der Waals surface area contributed by atoms with Crippen LogP contribution in [0, 0.1) is 6.92 Å². The van der Waals surface area contributed by atoms with Crippen LogP contribution in [0.3, 0.4) is 0 Å². The number of ether oxygens (including phenoxy) is 2. The number of fused-ring (bicyclic) bond motifs is 2. The molecule has 0 aliphatic heterocycles. The average Bonchev–Trinajstić information content (AvgIpc) is 3.24. The Kier molecular flexibility index (Phi) is 4.75. The fourth-order valence-corrected chi connectivity index (χ4v) is 3.79. The Balaban J connectivity index is 1.49. The van der Waals surface area contributed by atoms with Crippen LogP contribution in [-0.2, 0) is 0 Å². The zero-order chi connectivity index (χ0) is 22.2. The van der Waals surface area contributed by atoms with Gasteiger partial charge in [-0.25, -0.2) is 9.59 Å². The van der Waals surface area contributed by atoms with Crippen molar-refractivity contribution in [2.75, 3.05) is 7.11 Å². The fraction of sp³-hybridized carbons (Fsp3) is 0.0769.